The minimum atomic E-state index is 0.0376. The summed E-state index contributed by atoms with van der Waals surface area (Å²) in [5.74, 6) is 3.03. The molecule has 0 spiro atoms. The van der Waals surface area contributed by atoms with Crippen molar-refractivity contribution in [3.05, 3.63) is 47.9 Å². The van der Waals surface area contributed by atoms with Crippen LogP contribution in [0.15, 0.2) is 36.5 Å². The van der Waals surface area contributed by atoms with Crippen LogP contribution < -0.4 is 9.47 Å². The van der Waals surface area contributed by atoms with Crippen molar-refractivity contribution in [2.45, 2.75) is 44.1 Å². The molecular weight excluding hydrogens is 380 g/mol. The molecule has 1 unspecified atom stereocenters. The highest BCUT2D eigenvalue weighted by Gasteiger charge is 2.33. The van der Waals surface area contributed by atoms with Gasteiger partial charge in [0.15, 0.2) is 17.1 Å². The van der Waals surface area contributed by atoms with Gasteiger partial charge in [0.2, 0.25) is 6.79 Å². The number of carbonyl (C=O) groups excluding carboxylic acids is 1. The van der Waals surface area contributed by atoms with E-state index in [1.807, 2.05) is 35.4 Å². The standard InChI is InChI=1S/C23H24N4O3/c28-23(16-7-8-19-20(12-16)30-14-29-19)26-11-9-17(13-26)27-21(15-4-1-2-5-15)25-18-6-3-10-24-22(18)27/h3,6-8,10,12,15,17H,1-2,4-5,9,11,13-14H2. The van der Waals surface area contributed by atoms with Crippen LogP contribution >= 0.6 is 0 Å². The first-order valence-corrected chi connectivity index (χ1v) is 10.8. The highest BCUT2D eigenvalue weighted by molar-refractivity contribution is 5.95. The van der Waals surface area contributed by atoms with Crippen LogP contribution in [0.5, 0.6) is 11.5 Å². The molecule has 6 rings (SSSR count). The summed E-state index contributed by atoms with van der Waals surface area (Å²) in [6, 6.07) is 9.62. The third kappa shape index (κ3) is 2.83. The number of benzene rings is 1. The minimum absolute atomic E-state index is 0.0376. The van der Waals surface area contributed by atoms with E-state index < -0.39 is 0 Å². The quantitative estimate of drug-likeness (QED) is 0.662. The van der Waals surface area contributed by atoms with Gasteiger partial charge >= 0.3 is 0 Å². The summed E-state index contributed by atoms with van der Waals surface area (Å²) in [5, 5.41) is 0. The maximum Gasteiger partial charge on any atom is 0.254 e. The van der Waals surface area contributed by atoms with E-state index in [1.54, 1.807) is 6.07 Å². The van der Waals surface area contributed by atoms with E-state index in [4.69, 9.17) is 14.5 Å². The number of carbonyl (C=O) groups is 1. The summed E-state index contributed by atoms with van der Waals surface area (Å²) in [5.41, 5.74) is 2.55. The Labute approximate surface area is 174 Å². The van der Waals surface area contributed by atoms with Crippen LogP contribution in [-0.2, 0) is 0 Å². The number of imidazole rings is 1. The monoisotopic (exact) mass is 404 g/mol. The second kappa shape index (κ2) is 7.00. The Kier molecular flexibility index (Phi) is 4.14. The molecule has 0 bridgehead atoms. The molecular formula is C23H24N4O3. The zero-order valence-corrected chi connectivity index (χ0v) is 16.8. The second-order valence-corrected chi connectivity index (χ2v) is 8.43. The van der Waals surface area contributed by atoms with E-state index >= 15 is 0 Å². The van der Waals surface area contributed by atoms with Crippen LogP contribution in [0.4, 0.5) is 0 Å². The predicted octanol–water partition coefficient (Wildman–Crippen LogP) is 3.90. The Morgan fingerprint density at radius 1 is 1.07 bits per heavy atom. The molecule has 1 aliphatic carbocycles. The first-order valence-electron chi connectivity index (χ1n) is 10.8. The fourth-order valence-corrected chi connectivity index (χ4v) is 5.13. The lowest BCUT2D eigenvalue weighted by Crippen LogP contribution is -2.29. The second-order valence-electron chi connectivity index (χ2n) is 8.43. The molecule has 3 aromatic rings. The molecule has 7 heteroatoms. The van der Waals surface area contributed by atoms with Crippen molar-refractivity contribution >= 4 is 17.1 Å². The van der Waals surface area contributed by atoms with Gasteiger partial charge < -0.3 is 18.9 Å². The lowest BCUT2D eigenvalue weighted by atomic mass is 10.1. The molecule has 3 aliphatic rings. The maximum absolute atomic E-state index is 13.2. The largest absolute Gasteiger partial charge is 0.454 e. The van der Waals surface area contributed by atoms with E-state index in [-0.39, 0.29) is 18.7 Å². The van der Waals surface area contributed by atoms with E-state index in [0.717, 1.165) is 30.0 Å². The van der Waals surface area contributed by atoms with Crippen molar-refractivity contribution in [1.29, 1.82) is 0 Å². The highest BCUT2D eigenvalue weighted by Crippen LogP contribution is 2.38. The molecule has 1 amide bonds. The van der Waals surface area contributed by atoms with Crippen LogP contribution in [-0.4, -0.2) is 45.2 Å². The number of likely N-dealkylation sites (tertiary alicyclic amines) is 1. The Morgan fingerprint density at radius 2 is 1.93 bits per heavy atom. The van der Waals surface area contributed by atoms with Crippen molar-refractivity contribution in [2.75, 3.05) is 19.9 Å². The average Bonchev–Trinajstić information content (AvgIpc) is 3.57. The average molecular weight is 404 g/mol. The topological polar surface area (TPSA) is 69.5 Å². The highest BCUT2D eigenvalue weighted by atomic mass is 16.7. The Hall–Kier alpha value is -3.09. The van der Waals surface area contributed by atoms with Crippen molar-refractivity contribution in [1.82, 2.24) is 19.4 Å². The number of hydrogen-bond acceptors (Lipinski definition) is 5. The van der Waals surface area contributed by atoms with Crippen LogP contribution in [0.2, 0.25) is 0 Å². The summed E-state index contributed by atoms with van der Waals surface area (Å²) in [6.07, 6.45) is 7.66. The lowest BCUT2D eigenvalue weighted by Gasteiger charge is -2.20. The van der Waals surface area contributed by atoms with E-state index in [9.17, 15) is 4.79 Å². The van der Waals surface area contributed by atoms with Crippen LogP contribution in [0.25, 0.3) is 11.2 Å². The SMILES string of the molecule is O=C(c1ccc2c(c1)OCO2)N1CCC(n2c(C3CCCC3)nc3cccnc32)C1. The maximum atomic E-state index is 13.2. The van der Waals surface area contributed by atoms with Crippen molar-refractivity contribution in [3.8, 4) is 11.5 Å². The number of rotatable bonds is 3. The number of pyridine rings is 1. The molecule has 1 saturated carbocycles. The van der Waals surface area contributed by atoms with Crippen LogP contribution in [0, 0.1) is 0 Å². The van der Waals surface area contributed by atoms with Gasteiger partial charge in [-0.05, 0) is 49.6 Å². The van der Waals surface area contributed by atoms with Gasteiger partial charge in [0.05, 0.1) is 6.04 Å². The zero-order valence-electron chi connectivity index (χ0n) is 16.8. The molecule has 4 heterocycles. The van der Waals surface area contributed by atoms with Gasteiger partial charge in [-0.25, -0.2) is 9.97 Å². The number of aromatic nitrogens is 3. The van der Waals surface area contributed by atoms with Gasteiger partial charge in [-0.15, -0.1) is 0 Å². The van der Waals surface area contributed by atoms with Crippen molar-refractivity contribution in [3.63, 3.8) is 0 Å². The molecule has 0 radical (unpaired) electrons. The summed E-state index contributed by atoms with van der Waals surface area (Å²) < 4.78 is 13.1. The normalized spacial score (nSPS) is 21.1. The Balaban J connectivity index is 1.30. The number of fused-ring (bicyclic) bond motifs is 2. The van der Waals surface area contributed by atoms with Crippen molar-refractivity contribution in [2.24, 2.45) is 0 Å². The summed E-state index contributed by atoms with van der Waals surface area (Å²) in [7, 11) is 0. The summed E-state index contributed by atoms with van der Waals surface area (Å²) in [6.45, 7) is 1.62. The molecule has 30 heavy (non-hydrogen) atoms. The van der Waals surface area contributed by atoms with Crippen LogP contribution in [0.1, 0.15) is 60.2 Å². The molecule has 154 valence electrons. The summed E-state index contributed by atoms with van der Waals surface area (Å²) >= 11 is 0. The van der Waals surface area contributed by atoms with Gasteiger partial charge in [0.25, 0.3) is 5.91 Å². The van der Waals surface area contributed by atoms with Gasteiger partial charge in [0.1, 0.15) is 11.3 Å². The molecule has 2 fully saturated rings. The number of hydrogen-bond donors (Lipinski definition) is 0. The Morgan fingerprint density at radius 3 is 2.83 bits per heavy atom. The predicted molar refractivity (Wildman–Crippen MR) is 111 cm³/mol. The molecule has 1 atom stereocenters. The van der Waals surface area contributed by atoms with Gasteiger partial charge in [0, 0.05) is 30.8 Å². The van der Waals surface area contributed by atoms with Gasteiger partial charge in [-0.2, -0.15) is 0 Å². The third-order valence-electron chi connectivity index (χ3n) is 6.63. The van der Waals surface area contributed by atoms with Gasteiger partial charge in [-0.1, -0.05) is 12.8 Å². The summed E-state index contributed by atoms with van der Waals surface area (Å²) in [4.78, 5) is 24.7. The van der Waals surface area contributed by atoms with Gasteiger partial charge in [-0.3, -0.25) is 4.79 Å². The van der Waals surface area contributed by atoms with E-state index in [2.05, 4.69) is 9.55 Å². The molecule has 0 N–H and O–H groups in total. The molecule has 2 aromatic heterocycles. The lowest BCUT2D eigenvalue weighted by molar-refractivity contribution is 0.0787. The number of nitrogens with zero attached hydrogens (tertiary/aromatic N) is 4. The zero-order chi connectivity index (χ0) is 20.1. The molecule has 2 aliphatic heterocycles. The fraction of sp³-hybridized carbons (Fsp3) is 0.435. The molecule has 7 nitrogen and oxygen atoms in total. The first-order chi connectivity index (χ1) is 14.8. The molecule has 1 saturated heterocycles. The number of ether oxygens (including phenoxy) is 2. The van der Waals surface area contributed by atoms with E-state index in [0.29, 0.717) is 29.5 Å². The first kappa shape index (κ1) is 17.7. The molecule has 1 aromatic carbocycles. The number of amides is 1. The third-order valence-corrected chi connectivity index (χ3v) is 6.63. The smallest absolute Gasteiger partial charge is 0.254 e. The fourth-order valence-electron chi connectivity index (χ4n) is 5.13. The van der Waals surface area contributed by atoms with Crippen molar-refractivity contribution < 1.29 is 14.3 Å². The van der Waals surface area contributed by atoms with Crippen LogP contribution in [0.3, 0.4) is 0 Å². The Bertz CT molecular complexity index is 1120. The van der Waals surface area contributed by atoms with E-state index in [1.165, 1.54) is 25.7 Å². The minimum Gasteiger partial charge on any atom is -0.454 e.